The van der Waals surface area contributed by atoms with Crippen LogP contribution in [0.4, 0.5) is 5.69 Å². The SMILES string of the molecule is CCC1(CC)CCN(c2ccc(CNC3CC3)cc2Br)C1. The molecule has 1 aliphatic carbocycles. The smallest absolute Gasteiger partial charge is 0.0511 e. The minimum atomic E-state index is 0.533. The lowest BCUT2D eigenvalue weighted by molar-refractivity contribution is 0.301. The second-order valence-electron chi connectivity index (χ2n) is 6.82. The summed E-state index contributed by atoms with van der Waals surface area (Å²) in [6, 6.07) is 7.66. The molecule has 0 aromatic heterocycles. The van der Waals surface area contributed by atoms with Crippen molar-refractivity contribution in [2.45, 2.75) is 58.5 Å². The predicted molar refractivity (Wildman–Crippen MR) is 93.8 cm³/mol. The summed E-state index contributed by atoms with van der Waals surface area (Å²) in [4.78, 5) is 2.56. The fourth-order valence-corrected chi connectivity index (χ4v) is 4.11. The summed E-state index contributed by atoms with van der Waals surface area (Å²) in [5.74, 6) is 0. The molecule has 0 amide bonds. The maximum absolute atomic E-state index is 3.79. The van der Waals surface area contributed by atoms with Crippen molar-refractivity contribution in [3.63, 3.8) is 0 Å². The van der Waals surface area contributed by atoms with E-state index in [0.717, 1.165) is 12.6 Å². The summed E-state index contributed by atoms with van der Waals surface area (Å²) < 4.78 is 1.25. The Morgan fingerprint density at radius 3 is 2.62 bits per heavy atom. The van der Waals surface area contributed by atoms with E-state index in [2.05, 4.69) is 58.2 Å². The lowest BCUT2D eigenvalue weighted by atomic mass is 9.82. The highest BCUT2D eigenvalue weighted by molar-refractivity contribution is 9.10. The molecule has 1 aromatic rings. The van der Waals surface area contributed by atoms with Gasteiger partial charge in [-0.2, -0.15) is 0 Å². The molecule has 1 heterocycles. The van der Waals surface area contributed by atoms with Gasteiger partial charge in [-0.05, 0) is 71.1 Å². The van der Waals surface area contributed by atoms with Crippen LogP contribution in [0.25, 0.3) is 0 Å². The number of benzene rings is 1. The standard InChI is InChI=1S/C18H27BrN2/c1-3-18(4-2)9-10-21(13-18)17-8-5-14(11-16(17)19)12-20-15-6-7-15/h5,8,11,15,20H,3-4,6-7,9-10,12-13H2,1-2H3. The minimum Gasteiger partial charge on any atom is -0.370 e. The van der Waals surface area contributed by atoms with Crippen molar-refractivity contribution in [2.75, 3.05) is 18.0 Å². The van der Waals surface area contributed by atoms with E-state index in [1.165, 1.54) is 60.9 Å². The molecular weight excluding hydrogens is 324 g/mol. The van der Waals surface area contributed by atoms with Gasteiger partial charge in [0, 0.05) is 30.1 Å². The molecule has 0 spiro atoms. The van der Waals surface area contributed by atoms with E-state index in [4.69, 9.17) is 0 Å². The Labute approximate surface area is 137 Å². The summed E-state index contributed by atoms with van der Waals surface area (Å²) in [5, 5.41) is 3.59. The van der Waals surface area contributed by atoms with Crippen LogP contribution in [0.3, 0.4) is 0 Å². The van der Waals surface area contributed by atoms with Crippen molar-refractivity contribution in [1.29, 1.82) is 0 Å². The highest BCUT2D eigenvalue weighted by Gasteiger charge is 2.35. The number of anilines is 1. The lowest BCUT2D eigenvalue weighted by Crippen LogP contribution is -2.26. The summed E-state index contributed by atoms with van der Waals surface area (Å²) in [6.45, 7) is 8.08. The Balaban J connectivity index is 1.68. The zero-order valence-electron chi connectivity index (χ0n) is 13.3. The van der Waals surface area contributed by atoms with Gasteiger partial charge in [0.2, 0.25) is 0 Å². The quantitative estimate of drug-likeness (QED) is 0.798. The van der Waals surface area contributed by atoms with Gasteiger partial charge in [0.15, 0.2) is 0 Å². The Morgan fingerprint density at radius 1 is 1.29 bits per heavy atom. The molecule has 1 aromatic carbocycles. The van der Waals surface area contributed by atoms with E-state index in [-0.39, 0.29) is 0 Å². The summed E-state index contributed by atoms with van der Waals surface area (Å²) in [5.41, 5.74) is 3.29. The third kappa shape index (κ3) is 3.45. The second-order valence-corrected chi connectivity index (χ2v) is 7.67. The first-order valence-electron chi connectivity index (χ1n) is 8.42. The van der Waals surface area contributed by atoms with Crippen molar-refractivity contribution in [3.05, 3.63) is 28.2 Å². The van der Waals surface area contributed by atoms with Crippen LogP contribution >= 0.6 is 15.9 Å². The maximum Gasteiger partial charge on any atom is 0.0511 e. The van der Waals surface area contributed by atoms with Crippen molar-refractivity contribution in [3.8, 4) is 0 Å². The Kier molecular flexibility index (Phi) is 4.60. The fourth-order valence-electron chi connectivity index (χ4n) is 3.43. The van der Waals surface area contributed by atoms with Gasteiger partial charge in [-0.1, -0.05) is 19.9 Å². The average Bonchev–Trinajstić information content (AvgIpc) is 3.24. The second kappa shape index (κ2) is 6.29. The molecule has 3 heteroatoms. The molecule has 1 saturated heterocycles. The van der Waals surface area contributed by atoms with Crippen molar-refractivity contribution in [2.24, 2.45) is 5.41 Å². The molecule has 0 atom stereocenters. The van der Waals surface area contributed by atoms with Gasteiger partial charge in [-0.15, -0.1) is 0 Å². The maximum atomic E-state index is 3.79. The molecule has 21 heavy (non-hydrogen) atoms. The van der Waals surface area contributed by atoms with E-state index in [9.17, 15) is 0 Å². The van der Waals surface area contributed by atoms with Crippen LogP contribution in [0.15, 0.2) is 22.7 Å². The Bertz CT molecular complexity index is 492. The zero-order chi connectivity index (χ0) is 14.9. The van der Waals surface area contributed by atoms with Crippen molar-refractivity contribution >= 4 is 21.6 Å². The molecular formula is C18H27BrN2. The van der Waals surface area contributed by atoms with Gasteiger partial charge in [0.25, 0.3) is 0 Å². The topological polar surface area (TPSA) is 15.3 Å². The number of hydrogen-bond acceptors (Lipinski definition) is 2. The van der Waals surface area contributed by atoms with E-state index in [1.54, 1.807) is 0 Å². The third-order valence-corrected chi connectivity index (χ3v) is 6.10. The molecule has 2 nitrogen and oxygen atoms in total. The van der Waals surface area contributed by atoms with Crippen LogP contribution in [-0.4, -0.2) is 19.1 Å². The molecule has 3 rings (SSSR count). The predicted octanol–water partition coefficient (Wildman–Crippen LogP) is 4.72. The number of nitrogens with one attached hydrogen (secondary N) is 1. The number of rotatable bonds is 6. The van der Waals surface area contributed by atoms with Crippen LogP contribution < -0.4 is 10.2 Å². The molecule has 1 aliphatic heterocycles. The number of hydrogen-bond donors (Lipinski definition) is 1. The van der Waals surface area contributed by atoms with Crippen LogP contribution in [-0.2, 0) is 6.54 Å². The monoisotopic (exact) mass is 350 g/mol. The van der Waals surface area contributed by atoms with Gasteiger partial charge in [-0.25, -0.2) is 0 Å². The van der Waals surface area contributed by atoms with E-state index < -0.39 is 0 Å². The minimum absolute atomic E-state index is 0.533. The van der Waals surface area contributed by atoms with Gasteiger partial charge < -0.3 is 10.2 Å². The molecule has 2 fully saturated rings. The summed E-state index contributed by atoms with van der Waals surface area (Å²) >= 11 is 3.79. The molecule has 1 N–H and O–H groups in total. The number of nitrogens with zero attached hydrogens (tertiary/aromatic N) is 1. The summed E-state index contributed by atoms with van der Waals surface area (Å²) in [7, 11) is 0. The van der Waals surface area contributed by atoms with Crippen molar-refractivity contribution < 1.29 is 0 Å². The molecule has 1 saturated carbocycles. The summed E-state index contributed by atoms with van der Waals surface area (Å²) in [6.07, 6.45) is 6.62. The van der Waals surface area contributed by atoms with Gasteiger partial charge in [-0.3, -0.25) is 0 Å². The highest BCUT2D eigenvalue weighted by Crippen LogP contribution is 2.41. The zero-order valence-corrected chi connectivity index (χ0v) is 14.9. The molecule has 0 bridgehead atoms. The van der Waals surface area contributed by atoms with Crippen molar-refractivity contribution in [1.82, 2.24) is 5.32 Å². The highest BCUT2D eigenvalue weighted by atomic mass is 79.9. The lowest BCUT2D eigenvalue weighted by Gasteiger charge is -2.27. The first-order chi connectivity index (χ1) is 10.2. The molecule has 2 aliphatic rings. The first kappa shape index (κ1) is 15.4. The average molecular weight is 351 g/mol. The molecule has 116 valence electrons. The molecule has 0 unspecified atom stereocenters. The van der Waals surface area contributed by atoms with E-state index in [0.29, 0.717) is 5.41 Å². The molecule has 0 radical (unpaired) electrons. The first-order valence-corrected chi connectivity index (χ1v) is 9.22. The number of halogens is 1. The van der Waals surface area contributed by atoms with Gasteiger partial charge in [0.05, 0.1) is 5.69 Å². The van der Waals surface area contributed by atoms with Gasteiger partial charge >= 0.3 is 0 Å². The van der Waals surface area contributed by atoms with E-state index in [1.807, 2.05) is 0 Å². The van der Waals surface area contributed by atoms with Crippen LogP contribution in [0.2, 0.25) is 0 Å². The van der Waals surface area contributed by atoms with Crippen LogP contribution in [0, 0.1) is 5.41 Å². The van der Waals surface area contributed by atoms with E-state index >= 15 is 0 Å². The fraction of sp³-hybridized carbons (Fsp3) is 0.667. The van der Waals surface area contributed by atoms with Crippen LogP contribution in [0.1, 0.15) is 51.5 Å². The normalized spacial score (nSPS) is 21.0. The third-order valence-electron chi connectivity index (χ3n) is 5.46. The Hall–Kier alpha value is -0.540. The Morgan fingerprint density at radius 2 is 2.05 bits per heavy atom. The largest absolute Gasteiger partial charge is 0.370 e. The van der Waals surface area contributed by atoms with Gasteiger partial charge in [0.1, 0.15) is 0 Å². The van der Waals surface area contributed by atoms with Crippen LogP contribution in [0.5, 0.6) is 0 Å².